The first-order chi connectivity index (χ1) is 10.6. The van der Waals surface area contributed by atoms with E-state index in [4.69, 9.17) is 0 Å². The molecular weight excluding hydrogens is 280 g/mol. The number of carbonyl (C=O) groups excluding carboxylic acids is 2. The van der Waals surface area contributed by atoms with Crippen LogP contribution in [-0.2, 0) is 9.59 Å². The largest absolute Gasteiger partial charge is 0.388 e. The van der Waals surface area contributed by atoms with Crippen LogP contribution in [0.1, 0.15) is 70.6 Å². The molecule has 0 bridgehead atoms. The lowest BCUT2D eigenvalue weighted by Crippen LogP contribution is -2.46. The van der Waals surface area contributed by atoms with Crippen molar-refractivity contribution in [1.29, 1.82) is 0 Å². The molecule has 0 aromatic heterocycles. The lowest BCUT2D eigenvalue weighted by molar-refractivity contribution is -0.127. The summed E-state index contributed by atoms with van der Waals surface area (Å²) in [6, 6.07) is 0. The minimum absolute atomic E-state index is 0.0135. The average molecular weight is 310 g/mol. The fraction of sp³-hybridized carbons (Fsp3) is 0.882. The Balaban J connectivity index is 1.55. The maximum absolute atomic E-state index is 11.8. The normalized spacial score (nSPS) is 21.5. The van der Waals surface area contributed by atoms with Crippen LogP contribution >= 0.6 is 0 Å². The Hall–Kier alpha value is -1.10. The van der Waals surface area contributed by atoms with E-state index < -0.39 is 5.60 Å². The summed E-state index contributed by atoms with van der Waals surface area (Å²) < 4.78 is 0. The second kappa shape index (κ2) is 8.51. The highest BCUT2D eigenvalue weighted by Gasteiger charge is 2.29. The zero-order chi connectivity index (χ0) is 15.8. The maximum Gasteiger partial charge on any atom is 0.239 e. The summed E-state index contributed by atoms with van der Waals surface area (Å²) in [6.45, 7) is 0.309. The molecule has 126 valence electrons. The molecular formula is C17H30N2O3. The molecule has 2 saturated carbocycles. The molecule has 0 unspecified atom stereocenters. The minimum Gasteiger partial charge on any atom is -0.388 e. The van der Waals surface area contributed by atoms with Crippen molar-refractivity contribution in [2.24, 2.45) is 5.92 Å². The van der Waals surface area contributed by atoms with Crippen molar-refractivity contribution >= 4 is 11.8 Å². The fourth-order valence-electron chi connectivity index (χ4n) is 3.61. The second-order valence-corrected chi connectivity index (χ2v) is 7.03. The quantitative estimate of drug-likeness (QED) is 0.672. The van der Waals surface area contributed by atoms with Gasteiger partial charge in [-0.05, 0) is 25.2 Å². The van der Waals surface area contributed by atoms with Gasteiger partial charge < -0.3 is 15.7 Å². The molecule has 0 aromatic rings. The summed E-state index contributed by atoms with van der Waals surface area (Å²) in [5.74, 6) is 0.437. The maximum atomic E-state index is 11.8. The molecule has 2 fully saturated rings. The number of hydrogen-bond donors (Lipinski definition) is 3. The molecule has 2 rings (SSSR count). The Morgan fingerprint density at radius 3 is 2.32 bits per heavy atom. The first kappa shape index (κ1) is 17.3. The molecule has 0 aliphatic heterocycles. The Bertz CT molecular complexity index is 372. The van der Waals surface area contributed by atoms with Gasteiger partial charge in [0.2, 0.25) is 11.8 Å². The van der Waals surface area contributed by atoms with E-state index in [-0.39, 0.29) is 18.4 Å². The topological polar surface area (TPSA) is 78.4 Å². The number of rotatable bonds is 7. The smallest absolute Gasteiger partial charge is 0.239 e. The van der Waals surface area contributed by atoms with Crippen molar-refractivity contribution in [1.82, 2.24) is 10.6 Å². The number of hydrogen-bond acceptors (Lipinski definition) is 3. The number of nitrogens with one attached hydrogen (secondary N) is 2. The van der Waals surface area contributed by atoms with Crippen LogP contribution in [0.5, 0.6) is 0 Å². The summed E-state index contributed by atoms with van der Waals surface area (Å²) in [4.78, 5) is 23.5. The van der Waals surface area contributed by atoms with Gasteiger partial charge in [0, 0.05) is 13.0 Å². The van der Waals surface area contributed by atoms with Crippen molar-refractivity contribution in [3.63, 3.8) is 0 Å². The average Bonchev–Trinajstić information content (AvgIpc) is 3.03. The van der Waals surface area contributed by atoms with Crippen molar-refractivity contribution in [3.8, 4) is 0 Å². The molecule has 3 N–H and O–H groups in total. The van der Waals surface area contributed by atoms with E-state index in [9.17, 15) is 14.7 Å². The van der Waals surface area contributed by atoms with Gasteiger partial charge in [0.25, 0.3) is 0 Å². The SMILES string of the molecule is O=C(CCC1CCCC1)NCC(=O)NCC1(O)CCCCC1. The van der Waals surface area contributed by atoms with Crippen LogP contribution in [0.3, 0.4) is 0 Å². The van der Waals surface area contributed by atoms with E-state index in [0.29, 0.717) is 18.9 Å². The van der Waals surface area contributed by atoms with Gasteiger partial charge in [-0.1, -0.05) is 44.9 Å². The third-order valence-electron chi connectivity index (χ3n) is 5.10. The first-order valence-electron chi connectivity index (χ1n) is 8.83. The minimum atomic E-state index is -0.750. The van der Waals surface area contributed by atoms with Crippen LogP contribution in [0.15, 0.2) is 0 Å². The molecule has 22 heavy (non-hydrogen) atoms. The van der Waals surface area contributed by atoms with Gasteiger partial charge in [0.05, 0.1) is 12.1 Å². The molecule has 0 radical (unpaired) electrons. The molecule has 0 saturated heterocycles. The molecule has 0 aromatic carbocycles. The van der Waals surface area contributed by atoms with E-state index in [1.807, 2.05) is 0 Å². The van der Waals surface area contributed by atoms with E-state index in [0.717, 1.165) is 38.5 Å². The summed E-state index contributed by atoms with van der Waals surface area (Å²) in [6.07, 6.45) is 11.2. The third-order valence-corrected chi connectivity index (χ3v) is 5.10. The van der Waals surface area contributed by atoms with Gasteiger partial charge in [0.15, 0.2) is 0 Å². The van der Waals surface area contributed by atoms with Gasteiger partial charge in [-0.2, -0.15) is 0 Å². The molecule has 0 spiro atoms. The molecule has 2 aliphatic carbocycles. The molecule has 5 nitrogen and oxygen atoms in total. The Kier molecular flexibility index (Phi) is 6.68. The van der Waals surface area contributed by atoms with Gasteiger partial charge in [-0.3, -0.25) is 9.59 Å². The summed E-state index contributed by atoms with van der Waals surface area (Å²) in [5, 5.41) is 15.7. The number of amides is 2. The zero-order valence-electron chi connectivity index (χ0n) is 13.5. The lowest BCUT2D eigenvalue weighted by Gasteiger charge is -2.32. The molecule has 0 atom stereocenters. The number of aliphatic hydroxyl groups is 1. The van der Waals surface area contributed by atoms with Crippen LogP contribution in [-0.4, -0.2) is 35.6 Å². The van der Waals surface area contributed by atoms with Gasteiger partial charge in [-0.15, -0.1) is 0 Å². The monoisotopic (exact) mass is 310 g/mol. The van der Waals surface area contributed by atoms with Gasteiger partial charge in [-0.25, -0.2) is 0 Å². The molecule has 5 heteroatoms. The molecule has 2 amide bonds. The second-order valence-electron chi connectivity index (χ2n) is 7.03. The van der Waals surface area contributed by atoms with Gasteiger partial charge in [0.1, 0.15) is 0 Å². The first-order valence-corrected chi connectivity index (χ1v) is 8.83. The van der Waals surface area contributed by atoms with Crippen molar-refractivity contribution in [2.75, 3.05) is 13.1 Å². The molecule has 2 aliphatic rings. The highest BCUT2D eigenvalue weighted by molar-refractivity contribution is 5.84. The predicted octanol–water partition coefficient (Wildman–Crippen LogP) is 1.88. The highest BCUT2D eigenvalue weighted by Crippen LogP contribution is 2.28. The van der Waals surface area contributed by atoms with E-state index in [2.05, 4.69) is 10.6 Å². The summed E-state index contributed by atoms with van der Waals surface area (Å²) >= 11 is 0. The van der Waals surface area contributed by atoms with E-state index in [1.54, 1.807) is 0 Å². The van der Waals surface area contributed by atoms with Crippen molar-refractivity contribution in [2.45, 2.75) is 76.2 Å². The highest BCUT2D eigenvalue weighted by atomic mass is 16.3. The van der Waals surface area contributed by atoms with Crippen LogP contribution in [0.25, 0.3) is 0 Å². The van der Waals surface area contributed by atoms with Crippen LogP contribution in [0.4, 0.5) is 0 Å². The zero-order valence-corrected chi connectivity index (χ0v) is 13.5. The van der Waals surface area contributed by atoms with Crippen LogP contribution < -0.4 is 10.6 Å². The standard InChI is InChI=1S/C17H30N2O3/c20-15(9-8-14-6-2-3-7-14)18-12-16(21)19-13-17(22)10-4-1-5-11-17/h14,22H,1-13H2,(H,18,20)(H,19,21). The third kappa shape index (κ3) is 5.95. The Morgan fingerprint density at radius 2 is 1.64 bits per heavy atom. The lowest BCUT2D eigenvalue weighted by atomic mass is 9.85. The molecule has 0 heterocycles. The fourth-order valence-corrected chi connectivity index (χ4v) is 3.61. The Labute approximate surface area is 133 Å². The van der Waals surface area contributed by atoms with Crippen molar-refractivity contribution < 1.29 is 14.7 Å². The van der Waals surface area contributed by atoms with Crippen LogP contribution in [0, 0.1) is 5.92 Å². The summed E-state index contributed by atoms with van der Waals surface area (Å²) in [5.41, 5.74) is -0.750. The van der Waals surface area contributed by atoms with E-state index >= 15 is 0 Å². The van der Waals surface area contributed by atoms with Gasteiger partial charge >= 0.3 is 0 Å². The van der Waals surface area contributed by atoms with Crippen molar-refractivity contribution in [3.05, 3.63) is 0 Å². The van der Waals surface area contributed by atoms with E-state index in [1.165, 1.54) is 25.7 Å². The van der Waals surface area contributed by atoms with Crippen LogP contribution in [0.2, 0.25) is 0 Å². The Morgan fingerprint density at radius 1 is 0.955 bits per heavy atom. The predicted molar refractivity (Wildman–Crippen MR) is 85.2 cm³/mol. The summed E-state index contributed by atoms with van der Waals surface area (Å²) in [7, 11) is 0. The number of carbonyl (C=O) groups is 2.